The summed E-state index contributed by atoms with van der Waals surface area (Å²) >= 11 is 12.1. The van der Waals surface area contributed by atoms with E-state index in [2.05, 4.69) is 15.6 Å². The number of anilines is 2. The number of benzene rings is 1. The Morgan fingerprint density at radius 1 is 1.14 bits per heavy atom. The van der Waals surface area contributed by atoms with Crippen molar-refractivity contribution < 1.29 is 4.79 Å². The molecule has 0 aliphatic heterocycles. The van der Waals surface area contributed by atoms with Crippen molar-refractivity contribution in [2.45, 2.75) is 26.3 Å². The summed E-state index contributed by atoms with van der Waals surface area (Å²) in [6, 6.07) is 6.78. The molecule has 2 N–H and O–H groups in total. The van der Waals surface area contributed by atoms with E-state index in [-0.39, 0.29) is 11.4 Å². The van der Waals surface area contributed by atoms with E-state index in [9.17, 15) is 4.79 Å². The molecular formula is C16H17Cl2N3O. The molecular weight excluding hydrogens is 321 g/mol. The standard InChI is InChI=1S/C16H17Cl2N3O/c1-16(2,3)21-11-7-10(8-19-9-11)15(22)20-14-12(17)5-4-6-13(14)18/h4-9,21H,1-3H3,(H,20,22). The van der Waals surface area contributed by atoms with Gasteiger partial charge in [0, 0.05) is 17.9 Å². The van der Waals surface area contributed by atoms with E-state index in [1.54, 1.807) is 30.5 Å². The molecule has 22 heavy (non-hydrogen) atoms. The molecule has 0 atom stereocenters. The highest BCUT2D eigenvalue weighted by Crippen LogP contribution is 2.30. The Bertz CT molecular complexity index is 676. The Kier molecular flexibility index (Phi) is 4.94. The fraction of sp³-hybridized carbons (Fsp3) is 0.250. The van der Waals surface area contributed by atoms with E-state index in [0.29, 0.717) is 21.3 Å². The van der Waals surface area contributed by atoms with Crippen LogP contribution in [-0.4, -0.2) is 16.4 Å². The zero-order valence-electron chi connectivity index (χ0n) is 12.6. The number of nitrogens with zero attached hydrogens (tertiary/aromatic N) is 1. The van der Waals surface area contributed by atoms with Crippen molar-refractivity contribution in [2.24, 2.45) is 0 Å². The first-order valence-corrected chi connectivity index (χ1v) is 7.50. The number of rotatable bonds is 3. The fourth-order valence-corrected chi connectivity index (χ4v) is 2.36. The second kappa shape index (κ2) is 6.55. The monoisotopic (exact) mass is 337 g/mol. The Morgan fingerprint density at radius 2 is 1.77 bits per heavy atom. The van der Waals surface area contributed by atoms with E-state index in [4.69, 9.17) is 23.2 Å². The van der Waals surface area contributed by atoms with Crippen molar-refractivity contribution >= 4 is 40.5 Å². The molecule has 0 aliphatic rings. The summed E-state index contributed by atoms with van der Waals surface area (Å²) in [6.07, 6.45) is 3.17. The van der Waals surface area contributed by atoms with Gasteiger partial charge in [-0.1, -0.05) is 29.3 Å². The first kappa shape index (κ1) is 16.6. The smallest absolute Gasteiger partial charge is 0.257 e. The molecule has 0 saturated heterocycles. The van der Waals surface area contributed by atoms with Crippen LogP contribution < -0.4 is 10.6 Å². The predicted molar refractivity (Wildman–Crippen MR) is 92.0 cm³/mol. The summed E-state index contributed by atoms with van der Waals surface area (Å²) in [7, 11) is 0. The Labute approximate surface area is 139 Å². The third kappa shape index (κ3) is 4.36. The molecule has 6 heteroatoms. The highest BCUT2D eigenvalue weighted by molar-refractivity contribution is 6.40. The highest BCUT2D eigenvalue weighted by Gasteiger charge is 2.14. The van der Waals surface area contributed by atoms with Gasteiger partial charge >= 0.3 is 0 Å². The number of amides is 1. The molecule has 0 spiro atoms. The summed E-state index contributed by atoms with van der Waals surface area (Å²) in [6.45, 7) is 6.09. The van der Waals surface area contributed by atoms with Crippen molar-refractivity contribution in [1.82, 2.24) is 4.98 Å². The van der Waals surface area contributed by atoms with Crippen molar-refractivity contribution in [3.8, 4) is 0 Å². The Hall–Kier alpha value is -1.78. The molecule has 0 aliphatic carbocycles. The van der Waals surface area contributed by atoms with Crippen LogP contribution in [0.15, 0.2) is 36.7 Å². The molecule has 0 radical (unpaired) electrons. The summed E-state index contributed by atoms with van der Waals surface area (Å²) in [5.74, 6) is -0.319. The summed E-state index contributed by atoms with van der Waals surface area (Å²) in [5.41, 5.74) is 1.46. The quantitative estimate of drug-likeness (QED) is 0.841. The van der Waals surface area contributed by atoms with Crippen LogP contribution in [0.25, 0.3) is 0 Å². The number of para-hydroxylation sites is 1. The number of aromatic nitrogens is 1. The zero-order chi connectivity index (χ0) is 16.3. The molecule has 2 rings (SSSR count). The largest absolute Gasteiger partial charge is 0.379 e. The molecule has 1 aromatic carbocycles. The lowest BCUT2D eigenvalue weighted by Gasteiger charge is -2.22. The van der Waals surface area contributed by atoms with Crippen LogP contribution in [0.4, 0.5) is 11.4 Å². The average Bonchev–Trinajstić information content (AvgIpc) is 2.41. The maximum Gasteiger partial charge on any atom is 0.257 e. The summed E-state index contributed by atoms with van der Waals surface area (Å²) in [4.78, 5) is 16.4. The van der Waals surface area contributed by atoms with Gasteiger partial charge in [0.2, 0.25) is 0 Å². The normalized spacial score (nSPS) is 11.1. The van der Waals surface area contributed by atoms with E-state index >= 15 is 0 Å². The maximum absolute atomic E-state index is 12.3. The molecule has 2 aromatic rings. The van der Waals surface area contributed by atoms with Gasteiger partial charge in [-0.15, -0.1) is 0 Å². The van der Waals surface area contributed by atoms with Crippen LogP contribution in [0.3, 0.4) is 0 Å². The van der Waals surface area contributed by atoms with Gasteiger partial charge in [0.1, 0.15) is 0 Å². The molecule has 1 amide bonds. The molecule has 0 saturated carbocycles. The minimum absolute atomic E-state index is 0.122. The van der Waals surface area contributed by atoms with Crippen LogP contribution >= 0.6 is 23.2 Å². The van der Waals surface area contributed by atoms with Crippen LogP contribution in [0, 0.1) is 0 Å². The lowest BCUT2D eigenvalue weighted by atomic mass is 10.1. The molecule has 1 aromatic heterocycles. The van der Waals surface area contributed by atoms with E-state index in [1.165, 1.54) is 6.20 Å². The second-order valence-electron chi connectivity index (χ2n) is 5.89. The molecule has 0 bridgehead atoms. The topological polar surface area (TPSA) is 54.0 Å². The van der Waals surface area contributed by atoms with E-state index < -0.39 is 0 Å². The molecule has 0 fully saturated rings. The minimum Gasteiger partial charge on any atom is -0.379 e. The van der Waals surface area contributed by atoms with Crippen molar-refractivity contribution in [1.29, 1.82) is 0 Å². The number of carbonyl (C=O) groups excluding carboxylic acids is 1. The number of hydrogen-bond donors (Lipinski definition) is 2. The van der Waals surface area contributed by atoms with Gasteiger partial charge in [0.05, 0.1) is 27.0 Å². The van der Waals surface area contributed by atoms with Crippen molar-refractivity contribution in [3.05, 3.63) is 52.3 Å². The van der Waals surface area contributed by atoms with Gasteiger partial charge in [-0.05, 0) is 39.0 Å². The van der Waals surface area contributed by atoms with Gasteiger partial charge in [0.15, 0.2) is 0 Å². The SMILES string of the molecule is CC(C)(C)Nc1cncc(C(=O)Nc2c(Cl)cccc2Cl)c1. The van der Waals surface area contributed by atoms with Crippen molar-refractivity contribution in [3.63, 3.8) is 0 Å². The van der Waals surface area contributed by atoms with E-state index in [1.807, 2.05) is 20.8 Å². The number of carbonyl (C=O) groups is 1. The molecule has 1 heterocycles. The van der Waals surface area contributed by atoms with E-state index in [0.717, 1.165) is 5.69 Å². The van der Waals surface area contributed by atoms with Gasteiger partial charge in [-0.2, -0.15) is 0 Å². The second-order valence-corrected chi connectivity index (χ2v) is 6.70. The third-order valence-corrected chi connectivity index (χ3v) is 3.35. The van der Waals surface area contributed by atoms with Gasteiger partial charge in [-0.25, -0.2) is 0 Å². The van der Waals surface area contributed by atoms with Crippen LogP contribution in [0.5, 0.6) is 0 Å². The zero-order valence-corrected chi connectivity index (χ0v) is 14.1. The predicted octanol–water partition coefficient (Wildman–Crippen LogP) is 4.85. The van der Waals surface area contributed by atoms with Crippen LogP contribution in [-0.2, 0) is 0 Å². The Balaban J connectivity index is 2.22. The maximum atomic E-state index is 12.3. The minimum atomic E-state index is -0.319. The van der Waals surface area contributed by atoms with Crippen molar-refractivity contribution in [2.75, 3.05) is 10.6 Å². The number of hydrogen-bond acceptors (Lipinski definition) is 3. The number of halogens is 2. The van der Waals surface area contributed by atoms with Gasteiger partial charge in [-0.3, -0.25) is 9.78 Å². The summed E-state index contributed by atoms with van der Waals surface area (Å²) < 4.78 is 0. The van der Waals surface area contributed by atoms with Gasteiger partial charge in [0.25, 0.3) is 5.91 Å². The molecule has 116 valence electrons. The third-order valence-electron chi connectivity index (χ3n) is 2.72. The first-order chi connectivity index (χ1) is 10.3. The lowest BCUT2D eigenvalue weighted by Crippen LogP contribution is -2.26. The lowest BCUT2D eigenvalue weighted by molar-refractivity contribution is 0.102. The highest BCUT2D eigenvalue weighted by atomic mass is 35.5. The number of pyridine rings is 1. The Morgan fingerprint density at radius 3 is 2.36 bits per heavy atom. The molecule has 4 nitrogen and oxygen atoms in total. The fourth-order valence-electron chi connectivity index (χ4n) is 1.87. The number of nitrogens with one attached hydrogen (secondary N) is 2. The summed E-state index contributed by atoms with van der Waals surface area (Å²) in [5, 5.41) is 6.76. The van der Waals surface area contributed by atoms with Crippen LogP contribution in [0.1, 0.15) is 31.1 Å². The van der Waals surface area contributed by atoms with Crippen LogP contribution in [0.2, 0.25) is 10.0 Å². The van der Waals surface area contributed by atoms with Gasteiger partial charge < -0.3 is 10.6 Å². The first-order valence-electron chi connectivity index (χ1n) is 6.75. The average molecular weight is 338 g/mol. The molecule has 0 unspecified atom stereocenters.